The first-order valence-corrected chi connectivity index (χ1v) is 12.6. The lowest BCUT2D eigenvalue weighted by molar-refractivity contribution is -0.138. The second-order valence-electron chi connectivity index (χ2n) is 9.68. The van der Waals surface area contributed by atoms with Gasteiger partial charge in [0.05, 0.1) is 6.04 Å². The predicted octanol–water partition coefficient (Wildman–Crippen LogP) is 6.44. The predicted molar refractivity (Wildman–Crippen MR) is 134 cm³/mol. The number of halogens is 5. The molecule has 2 aliphatic rings. The van der Waals surface area contributed by atoms with Crippen molar-refractivity contribution in [2.45, 2.75) is 43.6 Å². The van der Waals surface area contributed by atoms with E-state index in [0.717, 1.165) is 5.56 Å². The number of nitrogens with zero attached hydrogens (tertiary/aromatic N) is 3. The molecular weight excluding hydrogens is 514 g/mol. The van der Waals surface area contributed by atoms with Crippen molar-refractivity contribution in [3.63, 3.8) is 0 Å². The smallest absolute Gasteiger partial charge is 0.324 e. The highest BCUT2D eigenvalue weighted by Gasteiger charge is 2.44. The third kappa shape index (κ3) is 5.75. The Morgan fingerprint density at radius 2 is 1.56 bits per heavy atom. The van der Waals surface area contributed by atoms with Gasteiger partial charge in [-0.1, -0.05) is 35.3 Å². The van der Waals surface area contributed by atoms with Gasteiger partial charge in [-0.15, -0.1) is 0 Å². The third-order valence-electron chi connectivity index (χ3n) is 7.29. The van der Waals surface area contributed by atoms with Crippen molar-refractivity contribution in [3.8, 4) is 0 Å². The van der Waals surface area contributed by atoms with E-state index in [9.17, 15) is 22.8 Å². The number of amides is 3. The van der Waals surface area contributed by atoms with E-state index in [2.05, 4.69) is 0 Å². The highest BCUT2D eigenvalue weighted by Crippen LogP contribution is 2.39. The minimum atomic E-state index is -2.72. The summed E-state index contributed by atoms with van der Waals surface area (Å²) >= 11 is 12.2. The maximum Gasteiger partial charge on any atom is 0.324 e. The fourth-order valence-corrected chi connectivity index (χ4v) is 5.68. The molecule has 0 N–H and O–H groups in total. The SMILES string of the molecule is CN(C(=O)N(C)C1CN(C(=O)C2CCC(F)(F)CC2)CC1c1ccc(F)cc1)c1cc(Cl)cc(Cl)c1. The van der Waals surface area contributed by atoms with Crippen molar-refractivity contribution in [2.24, 2.45) is 5.92 Å². The average molecular weight is 542 g/mol. The van der Waals surface area contributed by atoms with Crippen LogP contribution in [0.1, 0.15) is 37.2 Å². The van der Waals surface area contributed by atoms with Crippen LogP contribution in [-0.4, -0.2) is 60.9 Å². The number of carbonyl (C=O) groups excluding carboxylic acids is 2. The van der Waals surface area contributed by atoms with Crippen molar-refractivity contribution in [1.29, 1.82) is 0 Å². The lowest BCUT2D eigenvalue weighted by Crippen LogP contribution is -2.48. The van der Waals surface area contributed by atoms with Gasteiger partial charge in [-0.25, -0.2) is 18.0 Å². The Bertz CT molecular complexity index is 1100. The number of carbonyl (C=O) groups is 2. The standard InChI is InChI=1S/C26H28Cl2F3N3O2/c1-32(21-12-18(27)11-19(28)13-21)25(36)33(2)23-15-34(14-22(23)16-3-5-20(29)6-4-16)24(35)17-7-9-26(30,31)10-8-17/h3-6,11-13,17,22-23H,7-10,14-15H2,1-2H3. The maximum absolute atomic E-state index is 13.6. The average Bonchev–Trinajstić information content (AvgIpc) is 3.27. The summed E-state index contributed by atoms with van der Waals surface area (Å²) in [6.45, 7) is 0.562. The molecule has 0 spiro atoms. The second kappa shape index (κ2) is 10.5. The van der Waals surface area contributed by atoms with Gasteiger partial charge in [-0.05, 0) is 48.7 Å². The Kier molecular flexibility index (Phi) is 7.76. The molecule has 5 nitrogen and oxygen atoms in total. The first kappa shape index (κ1) is 26.6. The number of hydrogen-bond donors (Lipinski definition) is 0. The summed E-state index contributed by atoms with van der Waals surface area (Å²) in [5.74, 6) is -4.01. The van der Waals surface area contributed by atoms with Crippen LogP contribution < -0.4 is 4.90 Å². The molecule has 1 heterocycles. The minimum absolute atomic E-state index is 0.140. The quantitative estimate of drug-likeness (QED) is 0.447. The number of rotatable bonds is 4. The van der Waals surface area contributed by atoms with Gasteiger partial charge in [0.25, 0.3) is 0 Å². The van der Waals surface area contributed by atoms with Crippen LogP contribution >= 0.6 is 23.2 Å². The Balaban J connectivity index is 1.56. The first-order valence-electron chi connectivity index (χ1n) is 11.8. The van der Waals surface area contributed by atoms with E-state index >= 15 is 0 Å². The number of anilines is 1. The monoisotopic (exact) mass is 541 g/mol. The van der Waals surface area contributed by atoms with Crippen LogP contribution in [-0.2, 0) is 4.79 Å². The molecule has 1 aliphatic carbocycles. The molecule has 10 heteroatoms. The summed E-state index contributed by atoms with van der Waals surface area (Å²) in [6.07, 6.45) is -0.316. The van der Waals surface area contributed by atoms with Crippen LogP contribution in [0.15, 0.2) is 42.5 Å². The lowest BCUT2D eigenvalue weighted by Gasteiger charge is -2.33. The number of benzene rings is 2. The Labute approximate surface area is 218 Å². The van der Waals surface area contributed by atoms with Crippen molar-refractivity contribution in [1.82, 2.24) is 9.80 Å². The molecule has 0 bridgehead atoms. The molecule has 2 aromatic carbocycles. The van der Waals surface area contributed by atoms with E-state index in [1.807, 2.05) is 0 Å². The zero-order valence-corrected chi connectivity index (χ0v) is 21.6. The van der Waals surface area contributed by atoms with Crippen molar-refractivity contribution in [2.75, 3.05) is 32.1 Å². The molecule has 2 unspecified atom stereocenters. The van der Waals surface area contributed by atoms with E-state index in [0.29, 0.717) is 22.3 Å². The Morgan fingerprint density at radius 3 is 2.14 bits per heavy atom. The number of alkyl halides is 2. The molecule has 2 fully saturated rings. The van der Waals surface area contributed by atoms with Gasteiger partial charge in [-0.2, -0.15) is 0 Å². The molecular formula is C26H28Cl2F3N3O2. The largest absolute Gasteiger partial charge is 0.340 e. The number of urea groups is 1. The van der Waals surface area contributed by atoms with Crippen LogP contribution in [0.25, 0.3) is 0 Å². The number of hydrogen-bond acceptors (Lipinski definition) is 2. The molecule has 1 saturated carbocycles. The van der Waals surface area contributed by atoms with Crippen LogP contribution in [0.2, 0.25) is 10.0 Å². The van der Waals surface area contributed by atoms with Crippen LogP contribution in [0.3, 0.4) is 0 Å². The first-order chi connectivity index (χ1) is 16.9. The maximum atomic E-state index is 13.6. The third-order valence-corrected chi connectivity index (χ3v) is 7.72. The fraction of sp³-hybridized carbons (Fsp3) is 0.462. The Morgan fingerprint density at radius 1 is 0.972 bits per heavy atom. The van der Waals surface area contributed by atoms with E-state index in [-0.39, 0.29) is 55.9 Å². The van der Waals surface area contributed by atoms with Crippen molar-refractivity contribution < 1.29 is 22.8 Å². The minimum Gasteiger partial charge on any atom is -0.340 e. The van der Waals surface area contributed by atoms with Crippen molar-refractivity contribution in [3.05, 3.63) is 63.9 Å². The molecule has 36 heavy (non-hydrogen) atoms. The molecule has 0 radical (unpaired) electrons. The van der Waals surface area contributed by atoms with Gasteiger partial charge in [0, 0.05) is 67.6 Å². The summed E-state index contributed by atoms with van der Waals surface area (Å²) in [5.41, 5.74) is 1.30. The Hall–Kier alpha value is -2.45. The molecule has 3 amide bonds. The molecule has 1 saturated heterocycles. The van der Waals surface area contributed by atoms with Gasteiger partial charge in [-0.3, -0.25) is 9.69 Å². The van der Waals surface area contributed by atoms with E-state index in [1.165, 1.54) is 17.0 Å². The van der Waals surface area contributed by atoms with Crippen LogP contribution in [0, 0.1) is 11.7 Å². The normalized spacial score (nSPS) is 21.9. The summed E-state index contributed by atoms with van der Waals surface area (Å²) < 4.78 is 40.9. The zero-order valence-electron chi connectivity index (χ0n) is 20.1. The molecule has 4 rings (SSSR count). The molecule has 2 atom stereocenters. The van der Waals surface area contributed by atoms with Crippen molar-refractivity contribution >= 4 is 40.8 Å². The highest BCUT2D eigenvalue weighted by atomic mass is 35.5. The topological polar surface area (TPSA) is 43.9 Å². The van der Waals surface area contributed by atoms with E-state index in [1.54, 1.807) is 54.2 Å². The highest BCUT2D eigenvalue weighted by molar-refractivity contribution is 6.35. The summed E-state index contributed by atoms with van der Waals surface area (Å²) in [6, 6.07) is 10.1. The van der Waals surface area contributed by atoms with Crippen LogP contribution in [0.5, 0.6) is 0 Å². The van der Waals surface area contributed by atoms with Gasteiger partial charge in [0.2, 0.25) is 11.8 Å². The number of likely N-dealkylation sites (tertiary alicyclic amines) is 1. The van der Waals surface area contributed by atoms with E-state index < -0.39 is 17.9 Å². The van der Waals surface area contributed by atoms with Gasteiger partial charge >= 0.3 is 6.03 Å². The molecule has 2 aromatic rings. The summed E-state index contributed by atoms with van der Waals surface area (Å²) in [4.78, 5) is 31.4. The number of likely N-dealkylation sites (N-methyl/N-ethyl adjacent to an activating group) is 1. The molecule has 1 aliphatic heterocycles. The molecule has 194 valence electrons. The fourth-order valence-electron chi connectivity index (χ4n) is 5.16. The summed E-state index contributed by atoms with van der Waals surface area (Å²) in [7, 11) is 3.26. The lowest BCUT2D eigenvalue weighted by atomic mass is 9.86. The van der Waals surface area contributed by atoms with Gasteiger partial charge in [0.15, 0.2) is 0 Å². The van der Waals surface area contributed by atoms with Gasteiger partial charge in [0.1, 0.15) is 5.82 Å². The zero-order chi connectivity index (χ0) is 26.2. The van der Waals surface area contributed by atoms with Gasteiger partial charge < -0.3 is 9.80 Å². The molecule has 0 aromatic heterocycles. The van der Waals surface area contributed by atoms with Crippen LogP contribution in [0.4, 0.5) is 23.7 Å². The van der Waals surface area contributed by atoms with E-state index in [4.69, 9.17) is 23.2 Å². The second-order valence-corrected chi connectivity index (χ2v) is 10.6. The summed E-state index contributed by atoms with van der Waals surface area (Å²) in [5, 5.41) is 0.777.